The highest BCUT2D eigenvalue weighted by Gasteiger charge is 2.38. The number of aliphatic carboxylic acids is 2. The molecule has 1 saturated heterocycles. The van der Waals surface area contributed by atoms with Crippen molar-refractivity contribution in [2.45, 2.75) is 26.3 Å². The molecule has 1 aliphatic heterocycles. The lowest BCUT2D eigenvalue weighted by Gasteiger charge is -2.34. The van der Waals surface area contributed by atoms with Crippen LogP contribution in [-0.4, -0.2) is 40.1 Å². The molecule has 1 fully saturated rings. The molecule has 20 heavy (non-hydrogen) atoms. The summed E-state index contributed by atoms with van der Waals surface area (Å²) in [6, 6.07) is 4.17. The highest BCUT2D eigenvalue weighted by molar-refractivity contribution is 7.11. The molecule has 2 atom stereocenters. The highest BCUT2D eigenvalue weighted by Crippen LogP contribution is 2.27. The van der Waals surface area contributed by atoms with E-state index in [1.807, 2.05) is 4.90 Å². The van der Waals surface area contributed by atoms with Crippen LogP contribution in [-0.2, 0) is 22.6 Å². The van der Waals surface area contributed by atoms with Crippen LogP contribution in [0.15, 0.2) is 12.1 Å². The Hall–Kier alpha value is -1.40. The standard InChI is InChI=1S/C14H19NO4S/c1-2-9-3-4-10(20-9)7-15-6-5-11(13(16)17)12(8-15)14(18)19/h3-4,11-12H,2,5-8H2,1H3,(H,16,17)(H,18,19). The molecule has 0 bridgehead atoms. The van der Waals surface area contributed by atoms with Gasteiger partial charge in [-0.15, -0.1) is 11.3 Å². The van der Waals surface area contributed by atoms with Gasteiger partial charge in [-0.3, -0.25) is 14.5 Å². The lowest BCUT2D eigenvalue weighted by Crippen LogP contribution is -2.45. The number of carbonyl (C=O) groups is 2. The molecule has 2 heterocycles. The van der Waals surface area contributed by atoms with Crippen LogP contribution in [0.3, 0.4) is 0 Å². The molecule has 2 N–H and O–H groups in total. The number of thiophene rings is 1. The Morgan fingerprint density at radius 2 is 1.90 bits per heavy atom. The fourth-order valence-corrected chi connectivity index (χ4v) is 3.63. The van der Waals surface area contributed by atoms with Crippen LogP contribution in [0.1, 0.15) is 23.1 Å². The molecule has 1 aliphatic rings. The number of hydrogen-bond donors (Lipinski definition) is 2. The van der Waals surface area contributed by atoms with E-state index in [1.165, 1.54) is 9.75 Å². The van der Waals surface area contributed by atoms with E-state index in [0.717, 1.165) is 6.42 Å². The van der Waals surface area contributed by atoms with Gasteiger partial charge in [0.1, 0.15) is 0 Å². The number of hydrogen-bond acceptors (Lipinski definition) is 4. The summed E-state index contributed by atoms with van der Waals surface area (Å²) in [5, 5.41) is 18.3. The van der Waals surface area contributed by atoms with E-state index >= 15 is 0 Å². The Bertz CT molecular complexity index is 499. The maximum atomic E-state index is 11.2. The Morgan fingerprint density at radius 3 is 2.45 bits per heavy atom. The van der Waals surface area contributed by atoms with Crippen molar-refractivity contribution >= 4 is 23.3 Å². The Morgan fingerprint density at radius 1 is 1.25 bits per heavy atom. The molecule has 110 valence electrons. The van der Waals surface area contributed by atoms with Gasteiger partial charge in [-0.25, -0.2) is 0 Å². The normalized spacial score (nSPS) is 23.6. The lowest BCUT2D eigenvalue weighted by atomic mass is 9.85. The van der Waals surface area contributed by atoms with Gasteiger partial charge in [-0.05, 0) is 31.5 Å². The van der Waals surface area contributed by atoms with Gasteiger partial charge in [0.15, 0.2) is 0 Å². The molecule has 0 aliphatic carbocycles. The quantitative estimate of drug-likeness (QED) is 0.868. The summed E-state index contributed by atoms with van der Waals surface area (Å²) in [4.78, 5) is 26.9. The second-order valence-corrected chi connectivity index (χ2v) is 6.39. The summed E-state index contributed by atoms with van der Waals surface area (Å²) in [7, 11) is 0. The zero-order valence-electron chi connectivity index (χ0n) is 11.4. The van der Waals surface area contributed by atoms with Crippen molar-refractivity contribution in [1.29, 1.82) is 0 Å². The smallest absolute Gasteiger partial charge is 0.308 e. The summed E-state index contributed by atoms with van der Waals surface area (Å²) in [6.07, 6.45) is 1.40. The molecule has 0 spiro atoms. The molecule has 2 unspecified atom stereocenters. The minimum atomic E-state index is -1.01. The molecule has 1 aromatic rings. The van der Waals surface area contributed by atoms with Gasteiger partial charge >= 0.3 is 11.9 Å². The van der Waals surface area contributed by atoms with Crippen molar-refractivity contribution in [3.05, 3.63) is 21.9 Å². The maximum absolute atomic E-state index is 11.2. The van der Waals surface area contributed by atoms with Gasteiger partial charge in [0, 0.05) is 22.8 Å². The van der Waals surface area contributed by atoms with Gasteiger partial charge in [0.25, 0.3) is 0 Å². The molecule has 0 amide bonds. The SMILES string of the molecule is CCc1ccc(CN2CCC(C(=O)O)C(C(=O)O)C2)s1. The van der Waals surface area contributed by atoms with E-state index in [9.17, 15) is 14.7 Å². The summed E-state index contributed by atoms with van der Waals surface area (Å²) in [5.74, 6) is -3.59. The van der Waals surface area contributed by atoms with Crippen molar-refractivity contribution in [2.75, 3.05) is 13.1 Å². The van der Waals surface area contributed by atoms with Crippen molar-refractivity contribution in [3.8, 4) is 0 Å². The zero-order chi connectivity index (χ0) is 14.7. The van der Waals surface area contributed by atoms with E-state index < -0.39 is 23.8 Å². The van der Waals surface area contributed by atoms with Gasteiger partial charge < -0.3 is 10.2 Å². The van der Waals surface area contributed by atoms with Gasteiger partial charge in [-0.1, -0.05) is 6.92 Å². The van der Waals surface area contributed by atoms with E-state index in [2.05, 4.69) is 19.1 Å². The molecule has 5 nitrogen and oxygen atoms in total. The van der Waals surface area contributed by atoms with Crippen LogP contribution in [0.4, 0.5) is 0 Å². The van der Waals surface area contributed by atoms with E-state index in [0.29, 0.717) is 26.1 Å². The second-order valence-electron chi connectivity index (χ2n) is 5.13. The van der Waals surface area contributed by atoms with Gasteiger partial charge in [-0.2, -0.15) is 0 Å². The first kappa shape index (κ1) is 15.0. The molecular weight excluding hydrogens is 278 g/mol. The first-order valence-electron chi connectivity index (χ1n) is 6.76. The molecule has 0 radical (unpaired) electrons. The third-order valence-corrected chi connectivity index (χ3v) is 4.99. The van der Waals surface area contributed by atoms with Crippen LogP contribution in [0, 0.1) is 11.8 Å². The predicted molar refractivity (Wildman–Crippen MR) is 75.8 cm³/mol. The largest absolute Gasteiger partial charge is 0.481 e. The predicted octanol–water partition coefficient (Wildman–Crippen LogP) is 1.92. The van der Waals surface area contributed by atoms with Crippen molar-refractivity contribution in [2.24, 2.45) is 11.8 Å². The Balaban J connectivity index is 2.01. The number of carboxylic acid groups (broad SMARTS) is 2. The summed E-state index contributed by atoms with van der Waals surface area (Å²) < 4.78 is 0. The van der Waals surface area contributed by atoms with E-state index in [1.54, 1.807) is 11.3 Å². The minimum Gasteiger partial charge on any atom is -0.481 e. The third kappa shape index (κ3) is 3.37. The maximum Gasteiger partial charge on any atom is 0.308 e. The molecule has 6 heteroatoms. The molecule has 2 rings (SSSR count). The number of nitrogens with zero attached hydrogens (tertiary/aromatic N) is 1. The van der Waals surface area contributed by atoms with Crippen LogP contribution in [0.25, 0.3) is 0 Å². The number of aryl methyl sites for hydroxylation is 1. The summed E-state index contributed by atoms with van der Waals surface area (Å²) in [6.45, 7) is 3.76. The molecule has 0 saturated carbocycles. The first-order chi connectivity index (χ1) is 9.51. The van der Waals surface area contributed by atoms with Crippen LogP contribution in [0.2, 0.25) is 0 Å². The van der Waals surface area contributed by atoms with Crippen molar-refractivity contribution in [1.82, 2.24) is 4.90 Å². The topological polar surface area (TPSA) is 77.8 Å². The molecule has 1 aromatic heterocycles. The van der Waals surface area contributed by atoms with Crippen LogP contribution in [0.5, 0.6) is 0 Å². The zero-order valence-corrected chi connectivity index (χ0v) is 12.2. The van der Waals surface area contributed by atoms with Crippen molar-refractivity contribution in [3.63, 3.8) is 0 Å². The average molecular weight is 297 g/mol. The summed E-state index contributed by atoms with van der Waals surface area (Å²) in [5.41, 5.74) is 0. The van der Waals surface area contributed by atoms with E-state index in [4.69, 9.17) is 5.11 Å². The number of piperidine rings is 1. The second kappa shape index (κ2) is 6.37. The lowest BCUT2D eigenvalue weighted by molar-refractivity contribution is -0.157. The minimum absolute atomic E-state index is 0.311. The first-order valence-corrected chi connectivity index (χ1v) is 7.58. The number of likely N-dealkylation sites (tertiary alicyclic amines) is 1. The van der Waals surface area contributed by atoms with Crippen molar-refractivity contribution < 1.29 is 19.8 Å². The average Bonchev–Trinajstić information content (AvgIpc) is 2.86. The molecular formula is C14H19NO4S. The van der Waals surface area contributed by atoms with Gasteiger partial charge in [0.05, 0.1) is 11.8 Å². The Kier molecular flexibility index (Phi) is 4.77. The number of carboxylic acids is 2. The monoisotopic (exact) mass is 297 g/mol. The fraction of sp³-hybridized carbons (Fsp3) is 0.571. The fourth-order valence-electron chi connectivity index (χ4n) is 2.63. The van der Waals surface area contributed by atoms with E-state index in [-0.39, 0.29) is 0 Å². The van der Waals surface area contributed by atoms with Crippen LogP contribution >= 0.6 is 11.3 Å². The third-order valence-electron chi connectivity index (χ3n) is 3.78. The van der Waals surface area contributed by atoms with Crippen LogP contribution < -0.4 is 0 Å². The Labute approximate surface area is 121 Å². The number of rotatable bonds is 5. The van der Waals surface area contributed by atoms with Gasteiger partial charge in [0.2, 0.25) is 0 Å². The summed E-state index contributed by atoms with van der Waals surface area (Å²) >= 11 is 1.74. The highest BCUT2D eigenvalue weighted by atomic mass is 32.1. The molecule has 0 aromatic carbocycles.